The lowest BCUT2D eigenvalue weighted by Crippen LogP contribution is -2.46. The summed E-state index contributed by atoms with van der Waals surface area (Å²) in [5.74, 6) is 0. The SMILES string of the molecule is CN1C=CCC(C)(C)C(N(C)C)C1. The number of allylic oxidation sites excluding steroid dienone is 1. The van der Waals surface area contributed by atoms with Gasteiger partial charge < -0.3 is 9.80 Å². The van der Waals surface area contributed by atoms with Crippen molar-refractivity contribution in [3.8, 4) is 0 Å². The molecular weight excluding hydrogens is 160 g/mol. The standard InChI is InChI=1S/C11H22N2/c1-11(2)7-6-8-13(5)9-10(11)12(3)4/h6,8,10H,7,9H2,1-5H3. The molecule has 2 nitrogen and oxygen atoms in total. The maximum absolute atomic E-state index is 2.35. The van der Waals surface area contributed by atoms with E-state index < -0.39 is 0 Å². The summed E-state index contributed by atoms with van der Waals surface area (Å²) in [6.45, 7) is 5.82. The minimum absolute atomic E-state index is 0.380. The van der Waals surface area contributed by atoms with Crippen LogP contribution in [0.2, 0.25) is 0 Å². The van der Waals surface area contributed by atoms with Crippen LogP contribution in [0.5, 0.6) is 0 Å². The van der Waals surface area contributed by atoms with Crippen LogP contribution in [0, 0.1) is 5.41 Å². The zero-order valence-corrected chi connectivity index (χ0v) is 9.54. The molecule has 0 radical (unpaired) electrons. The van der Waals surface area contributed by atoms with Gasteiger partial charge in [-0.05, 0) is 32.1 Å². The lowest BCUT2D eigenvalue weighted by Gasteiger charge is -2.38. The van der Waals surface area contributed by atoms with Crippen LogP contribution in [0.1, 0.15) is 20.3 Å². The molecule has 0 spiro atoms. The molecule has 0 fully saturated rings. The van der Waals surface area contributed by atoms with Crippen LogP contribution in [0.25, 0.3) is 0 Å². The molecule has 0 amide bonds. The number of hydrogen-bond acceptors (Lipinski definition) is 2. The van der Waals surface area contributed by atoms with Gasteiger partial charge in [0.2, 0.25) is 0 Å². The minimum Gasteiger partial charge on any atom is -0.379 e. The molecule has 13 heavy (non-hydrogen) atoms. The maximum Gasteiger partial charge on any atom is 0.0330 e. The van der Waals surface area contributed by atoms with Gasteiger partial charge in [0.1, 0.15) is 0 Å². The lowest BCUT2D eigenvalue weighted by molar-refractivity contribution is 0.120. The Morgan fingerprint density at radius 1 is 1.38 bits per heavy atom. The van der Waals surface area contributed by atoms with Crippen LogP contribution < -0.4 is 0 Å². The molecule has 2 heteroatoms. The van der Waals surface area contributed by atoms with Crippen molar-refractivity contribution in [2.45, 2.75) is 26.3 Å². The summed E-state index contributed by atoms with van der Waals surface area (Å²) < 4.78 is 0. The van der Waals surface area contributed by atoms with Gasteiger partial charge in [0.05, 0.1) is 0 Å². The van der Waals surface area contributed by atoms with Gasteiger partial charge in [0.25, 0.3) is 0 Å². The smallest absolute Gasteiger partial charge is 0.0330 e. The second-order valence-electron chi connectivity index (χ2n) is 5.00. The van der Waals surface area contributed by atoms with E-state index in [1.807, 2.05) is 0 Å². The summed E-state index contributed by atoms with van der Waals surface area (Å²) >= 11 is 0. The van der Waals surface area contributed by atoms with E-state index in [0.29, 0.717) is 11.5 Å². The third kappa shape index (κ3) is 2.47. The van der Waals surface area contributed by atoms with Crippen LogP contribution in [-0.4, -0.2) is 43.5 Å². The van der Waals surface area contributed by atoms with Gasteiger partial charge in [0, 0.05) is 19.6 Å². The summed E-state index contributed by atoms with van der Waals surface area (Å²) in [6.07, 6.45) is 5.65. The zero-order chi connectivity index (χ0) is 10.1. The van der Waals surface area contributed by atoms with Crippen molar-refractivity contribution in [2.24, 2.45) is 5.41 Å². The average Bonchev–Trinajstić information content (AvgIpc) is 2.10. The Morgan fingerprint density at radius 2 is 2.00 bits per heavy atom. The van der Waals surface area contributed by atoms with Gasteiger partial charge in [-0.3, -0.25) is 0 Å². The van der Waals surface area contributed by atoms with Gasteiger partial charge in [0.15, 0.2) is 0 Å². The van der Waals surface area contributed by atoms with Gasteiger partial charge in [-0.25, -0.2) is 0 Å². The van der Waals surface area contributed by atoms with Crippen molar-refractivity contribution in [2.75, 3.05) is 27.7 Å². The van der Waals surface area contributed by atoms with Crippen molar-refractivity contribution < 1.29 is 0 Å². The number of likely N-dealkylation sites (N-methyl/N-ethyl adjacent to an activating group) is 2. The van der Waals surface area contributed by atoms with Crippen LogP contribution in [0.15, 0.2) is 12.3 Å². The number of nitrogens with zero attached hydrogens (tertiary/aromatic N) is 2. The molecule has 0 saturated heterocycles. The molecule has 76 valence electrons. The molecule has 1 rings (SSSR count). The van der Waals surface area contributed by atoms with E-state index in [1.165, 1.54) is 6.42 Å². The summed E-state index contributed by atoms with van der Waals surface area (Å²) in [6, 6.07) is 0.632. The van der Waals surface area contributed by atoms with Crippen LogP contribution >= 0.6 is 0 Å². The van der Waals surface area contributed by atoms with Gasteiger partial charge in [-0.1, -0.05) is 19.9 Å². The molecule has 1 heterocycles. The normalized spacial score (nSPS) is 27.8. The van der Waals surface area contributed by atoms with Gasteiger partial charge in [-0.2, -0.15) is 0 Å². The predicted octanol–water partition coefficient (Wildman–Crippen LogP) is 1.79. The second kappa shape index (κ2) is 3.70. The van der Waals surface area contributed by atoms with E-state index in [2.05, 4.69) is 57.1 Å². The predicted molar refractivity (Wildman–Crippen MR) is 57.6 cm³/mol. The van der Waals surface area contributed by atoms with E-state index in [9.17, 15) is 0 Å². The fourth-order valence-electron chi connectivity index (χ4n) is 2.12. The Kier molecular flexibility index (Phi) is 3.01. The largest absolute Gasteiger partial charge is 0.379 e. The van der Waals surface area contributed by atoms with Crippen molar-refractivity contribution in [1.29, 1.82) is 0 Å². The van der Waals surface area contributed by atoms with Gasteiger partial charge >= 0.3 is 0 Å². The Hall–Kier alpha value is -0.500. The van der Waals surface area contributed by atoms with Crippen LogP contribution in [0.4, 0.5) is 0 Å². The fourth-order valence-corrected chi connectivity index (χ4v) is 2.12. The molecule has 0 bridgehead atoms. The molecule has 1 unspecified atom stereocenters. The van der Waals surface area contributed by atoms with Crippen LogP contribution in [-0.2, 0) is 0 Å². The molecule has 1 aliphatic heterocycles. The topological polar surface area (TPSA) is 6.48 Å². The second-order valence-corrected chi connectivity index (χ2v) is 5.00. The third-order valence-electron chi connectivity index (χ3n) is 2.99. The third-order valence-corrected chi connectivity index (χ3v) is 2.99. The van der Waals surface area contributed by atoms with Crippen molar-refractivity contribution in [3.63, 3.8) is 0 Å². The Morgan fingerprint density at radius 3 is 2.54 bits per heavy atom. The quantitative estimate of drug-likeness (QED) is 0.610. The van der Waals surface area contributed by atoms with E-state index >= 15 is 0 Å². The van der Waals surface area contributed by atoms with Gasteiger partial charge in [-0.15, -0.1) is 0 Å². The minimum atomic E-state index is 0.380. The summed E-state index contributed by atoms with van der Waals surface area (Å²) in [4.78, 5) is 4.61. The first-order valence-corrected chi connectivity index (χ1v) is 4.97. The molecule has 0 aromatic rings. The Bertz CT molecular complexity index is 194. The van der Waals surface area contributed by atoms with Crippen LogP contribution in [0.3, 0.4) is 0 Å². The van der Waals surface area contributed by atoms with Crippen molar-refractivity contribution in [1.82, 2.24) is 9.80 Å². The first-order chi connectivity index (χ1) is 5.93. The molecule has 0 aliphatic carbocycles. The van der Waals surface area contributed by atoms with E-state index in [0.717, 1.165) is 6.54 Å². The highest BCUT2D eigenvalue weighted by atomic mass is 15.2. The van der Waals surface area contributed by atoms with E-state index in [1.54, 1.807) is 0 Å². The first-order valence-electron chi connectivity index (χ1n) is 4.97. The van der Waals surface area contributed by atoms with Crippen molar-refractivity contribution >= 4 is 0 Å². The zero-order valence-electron chi connectivity index (χ0n) is 9.54. The number of rotatable bonds is 1. The van der Waals surface area contributed by atoms with Crippen molar-refractivity contribution in [3.05, 3.63) is 12.3 Å². The highest BCUT2D eigenvalue weighted by Gasteiger charge is 2.31. The molecule has 0 aromatic heterocycles. The summed E-state index contributed by atoms with van der Waals surface area (Å²) in [7, 11) is 6.49. The molecule has 0 N–H and O–H groups in total. The first kappa shape index (κ1) is 10.6. The number of hydrogen-bond donors (Lipinski definition) is 0. The lowest BCUT2D eigenvalue weighted by atomic mass is 9.81. The van der Waals surface area contributed by atoms with E-state index in [4.69, 9.17) is 0 Å². The molecule has 0 aromatic carbocycles. The highest BCUT2D eigenvalue weighted by molar-refractivity contribution is 4.98. The summed E-state index contributed by atoms with van der Waals surface area (Å²) in [5.41, 5.74) is 0.380. The highest BCUT2D eigenvalue weighted by Crippen LogP contribution is 2.30. The molecule has 0 saturated carbocycles. The Labute approximate surface area is 82.2 Å². The summed E-state index contributed by atoms with van der Waals surface area (Å²) in [5, 5.41) is 0. The fraction of sp³-hybridized carbons (Fsp3) is 0.818. The maximum atomic E-state index is 2.35. The Balaban J connectivity index is 2.79. The van der Waals surface area contributed by atoms with E-state index in [-0.39, 0.29) is 0 Å². The molecule has 1 atom stereocenters. The monoisotopic (exact) mass is 182 g/mol. The molecular formula is C11H22N2. The molecule has 1 aliphatic rings. The average molecular weight is 182 g/mol.